The fourth-order valence-electron chi connectivity index (χ4n) is 3.97. The molecule has 2 aromatic heterocycles. The predicted molar refractivity (Wildman–Crippen MR) is 115 cm³/mol. The fraction of sp³-hybridized carbons (Fsp3) is 0.391. The van der Waals surface area contributed by atoms with Gasteiger partial charge >= 0.3 is 0 Å². The lowest BCUT2D eigenvalue weighted by atomic mass is 10.2. The van der Waals surface area contributed by atoms with Crippen LogP contribution in [0.25, 0.3) is 5.65 Å². The zero-order valence-corrected chi connectivity index (χ0v) is 17.7. The second kappa shape index (κ2) is 9.28. The van der Waals surface area contributed by atoms with Crippen LogP contribution in [0.15, 0.2) is 53.5 Å². The van der Waals surface area contributed by atoms with Gasteiger partial charge in [-0.25, -0.2) is 4.98 Å². The first-order valence-electron chi connectivity index (χ1n) is 10.5. The summed E-state index contributed by atoms with van der Waals surface area (Å²) >= 11 is 0. The zero-order chi connectivity index (χ0) is 20.9. The number of hydrogen-bond acceptors (Lipinski definition) is 4. The number of fused-ring (bicyclic) bond motifs is 1. The lowest BCUT2D eigenvalue weighted by molar-refractivity contribution is -1.02. The van der Waals surface area contributed by atoms with Crippen molar-refractivity contribution in [2.24, 2.45) is 0 Å². The Balaban J connectivity index is 1.25. The highest BCUT2D eigenvalue weighted by molar-refractivity contribution is 5.39. The summed E-state index contributed by atoms with van der Waals surface area (Å²) in [6, 6.07) is 13.3. The number of nitrogens with zero attached hydrogens (tertiary/aromatic N) is 2. The van der Waals surface area contributed by atoms with Crippen molar-refractivity contribution in [2.75, 3.05) is 46.4 Å². The Morgan fingerprint density at radius 2 is 1.70 bits per heavy atom. The van der Waals surface area contributed by atoms with Crippen molar-refractivity contribution in [1.29, 1.82) is 0 Å². The van der Waals surface area contributed by atoms with Crippen molar-refractivity contribution in [3.8, 4) is 11.5 Å². The quantitative estimate of drug-likeness (QED) is 0.545. The van der Waals surface area contributed by atoms with Crippen LogP contribution >= 0.6 is 0 Å². The molecule has 0 saturated carbocycles. The summed E-state index contributed by atoms with van der Waals surface area (Å²) in [6.07, 6.45) is 1.84. The number of methoxy groups -OCH3 is 1. The summed E-state index contributed by atoms with van der Waals surface area (Å²) in [5, 5.41) is 0. The molecule has 0 atom stereocenters. The molecular formula is C23H30N4O3+2. The SMILES string of the molecule is COc1ccc(OCC[NH+]2CC[NH+](Cc3cc(=O)n4cc(C)ccc4n3)CC2)cc1. The molecule has 1 aliphatic heterocycles. The van der Waals surface area contributed by atoms with E-state index in [0.717, 1.165) is 67.7 Å². The van der Waals surface area contributed by atoms with Crippen molar-refractivity contribution in [2.45, 2.75) is 13.5 Å². The Morgan fingerprint density at radius 1 is 1.00 bits per heavy atom. The summed E-state index contributed by atoms with van der Waals surface area (Å²) in [6.45, 7) is 8.84. The van der Waals surface area contributed by atoms with E-state index in [1.807, 2.05) is 49.5 Å². The topological polar surface area (TPSA) is 61.7 Å². The number of hydrogen-bond donors (Lipinski definition) is 2. The summed E-state index contributed by atoms with van der Waals surface area (Å²) < 4.78 is 12.7. The van der Waals surface area contributed by atoms with Gasteiger partial charge in [0.15, 0.2) is 0 Å². The molecule has 1 aliphatic rings. The third kappa shape index (κ3) is 4.98. The molecule has 0 amide bonds. The van der Waals surface area contributed by atoms with Crippen LogP contribution in [-0.4, -0.2) is 55.8 Å². The molecule has 3 heterocycles. The lowest BCUT2D eigenvalue weighted by Crippen LogP contribution is -3.27. The average molecular weight is 411 g/mol. The first-order chi connectivity index (χ1) is 14.6. The smallest absolute Gasteiger partial charge is 0.258 e. The number of quaternary nitrogens is 2. The van der Waals surface area contributed by atoms with Crippen LogP contribution in [0, 0.1) is 6.92 Å². The Kier molecular flexibility index (Phi) is 6.30. The lowest BCUT2D eigenvalue weighted by Gasteiger charge is -2.29. The standard InChI is InChI=1S/C23H28N4O3/c1-18-3-8-22-24-19(15-23(28)27(22)16-18)17-26-11-9-25(10-12-26)13-14-30-21-6-4-20(29-2)5-7-21/h3-8,15-16H,9-14,17H2,1-2H3/p+2. The minimum absolute atomic E-state index is 0.00181. The monoisotopic (exact) mass is 410 g/mol. The molecule has 3 aromatic rings. The van der Waals surface area contributed by atoms with Crippen LogP contribution in [0.3, 0.4) is 0 Å². The number of rotatable bonds is 7. The first-order valence-corrected chi connectivity index (χ1v) is 10.5. The van der Waals surface area contributed by atoms with Crippen LogP contribution in [0.1, 0.15) is 11.3 Å². The normalized spacial score (nSPS) is 19.0. The van der Waals surface area contributed by atoms with Crippen LogP contribution in [-0.2, 0) is 6.54 Å². The van der Waals surface area contributed by atoms with Crippen molar-refractivity contribution < 1.29 is 19.3 Å². The Bertz CT molecular complexity index is 1040. The van der Waals surface area contributed by atoms with Gasteiger partial charge in [0.1, 0.15) is 68.7 Å². The minimum Gasteiger partial charge on any atom is -0.497 e. The maximum absolute atomic E-state index is 12.4. The summed E-state index contributed by atoms with van der Waals surface area (Å²) in [5.41, 5.74) is 2.66. The molecule has 158 valence electrons. The Hall–Kier alpha value is -2.90. The average Bonchev–Trinajstić information content (AvgIpc) is 2.76. The molecule has 7 heteroatoms. The van der Waals surface area contributed by atoms with Crippen molar-refractivity contribution in [1.82, 2.24) is 9.38 Å². The van der Waals surface area contributed by atoms with Gasteiger partial charge in [0.25, 0.3) is 5.56 Å². The highest BCUT2D eigenvalue weighted by Gasteiger charge is 2.23. The molecule has 0 spiro atoms. The summed E-state index contributed by atoms with van der Waals surface area (Å²) in [4.78, 5) is 20.1. The third-order valence-electron chi connectivity index (χ3n) is 5.74. The van der Waals surface area contributed by atoms with E-state index in [0.29, 0.717) is 6.61 Å². The van der Waals surface area contributed by atoms with E-state index in [-0.39, 0.29) is 5.56 Å². The number of aryl methyl sites for hydroxylation is 1. The molecule has 2 N–H and O–H groups in total. The van der Waals surface area contributed by atoms with E-state index in [4.69, 9.17) is 14.5 Å². The van der Waals surface area contributed by atoms with Crippen molar-refractivity contribution in [3.63, 3.8) is 0 Å². The van der Waals surface area contributed by atoms with Crippen LogP contribution in [0.5, 0.6) is 11.5 Å². The number of benzene rings is 1. The highest BCUT2D eigenvalue weighted by Crippen LogP contribution is 2.16. The maximum atomic E-state index is 12.4. The van der Waals surface area contributed by atoms with Crippen molar-refractivity contribution in [3.05, 3.63) is 70.3 Å². The van der Waals surface area contributed by atoms with E-state index >= 15 is 0 Å². The molecule has 4 rings (SSSR count). The molecule has 0 radical (unpaired) electrons. The molecular weight excluding hydrogens is 380 g/mol. The van der Waals surface area contributed by atoms with Gasteiger partial charge in [0, 0.05) is 12.3 Å². The molecule has 1 fully saturated rings. The largest absolute Gasteiger partial charge is 0.497 e. The van der Waals surface area contributed by atoms with E-state index in [2.05, 4.69) is 0 Å². The number of pyridine rings is 1. The Morgan fingerprint density at radius 3 is 2.43 bits per heavy atom. The summed E-state index contributed by atoms with van der Waals surface area (Å²) in [5.74, 6) is 1.72. The molecule has 7 nitrogen and oxygen atoms in total. The van der Waals surface area contributed by atoms with Gasteiger partial charge in [-0.2, -0.15) is 0 Å². The molecule has 30 heavy (non-hydrogen) atoms. The van der Waals surface area contributed by atoms with E-state index in [1.165, 1.54) is 4.90 Å². The van der Waals surface area contributed by atoms with Crippen molar-refractivity contribution >= 4 is 5.65 Å². The second-order valence-corrected chi connectivity index (χ2v) is 7.97. The van der Waals surface area contributed by atoms with Crippen LogP contribution in [0.2, 0.25) is 0 Å². The minimum atomic E-state index is -0.00181. The molecule has 0 aliphatic carbocycles. The zero-order valence-electron chi connectivity index (χ0n) is 17.7. The van der Waals surface area contributed by atoms with Gasteiger partial charge in [-0.05, 0) is 42.8 Å². The summed E-state index contributed by atoms with van der Waals surface area (Å²) in [7, 11) is 1.66. The van der Waals surface area contributed by atoms with Crippen LogP contribution in [0.4, 0.5) is 0 Å². The van der Waals surface area contributed by atoms with Crippen LogP contribution < -0.4 is 24.8 Å². The number of nitrogens with one attached hydrogen (secondary N) is 2. The molecule has 1 saturated heterocycles. The van der Waals surface area contributed by atoms with Gasteiger partial charge in [-0.15, -0.1) is 0 Å². The fourth-order valence-corrected chi connectivity index (χ4v) is 3.97. The van der Waals surface area contributed by atoms with Gasteiger partial charge < -0.3 is 19.3 Å². The van der Waals surface area contributed by atoms with Gasteiger partial charge in [0.05, 0.1) is 7.11 Å². The molecule has 0 unspecified atom stereocenters. The molecule has 1 aromatic carbocycles. The predicted octanol–water partition coefficient (Wildman–Crippen LogP) is -0.626. The number of aromatic nitrogens is 2. The maximum Gasteiger partial charge on any atom is 0.258 e. The number of piperazine rings is 1. The van der Waals surface area contributed by atoms with Gasteiger partial charge in [-0.1, -0.05) is 6.07 Å². The second-order valence-electron chi connectivity index (χ2n) is 7.97. The van der Waals surface area contributed by atoms with E-state index in [1.54, 1.807) is 22.5 Å². The number of ether oxygens (including phenoxy) is 2. The van der Waals surface area contributed by atoms with E-state index < -0.39 is 0 Å². The van der Waals surface area contributed by atoms with Gasteiger partial charge in [-0.3, -0.25) is 9.20 Å². The Labute approximate surface area is 176 Å². The highest BCUT2D eigenvalue weighted by atomic mass is 16.5. The molecule has 0 bridgehead atoms. The van der Waals surface area contributed by atoms with E-state index in [9.17, 15) is 4.79 Å². The first kappa shape index (κ1) is 20.4. The third-order valence-corrected chi connectivity index (χ3v) is 5.74. The van der Waals surface area contributed by atoms with Gasteiger partial charge in [0.2, 0.25) is 0 Å².